The van der Waals surface area contributed by atoms with Crippen LogP contribution >= 0.6 is 0 Å². The lowest BCUT2D eigenvalue weighted by atomic mass is 9.91. The molecule has 2 aromatic heterocycles. The minimum absolute atomic E-state index is 0.255. The summed E-state index contributed by atoms with van der Waals surface area (Å²) in [5, 5.41) is 4.50. The molecule has 0 spiro atoms. The van der Waals surface area contributed by atoms with Gasteiger partial charge in [-0.2, -0.15) is 0 Å². The highest BCUT2D eigenvalue weighted by Gasteiger charge is 2.32. The summed E-state index contributed by atoms with van der Waals surface area (Å²) in [4.78, 5) is 22.2. The van der Waals surface area contributed by atoms with Crippen LogP contribution in [-0.4, -0.2) is 40.4 Å². The topological polar surface area (TPSA) is 61.0 Å². The van der Waals surface area contributed by atoms with Gasteiger partial charge in [0.1, 0.15) is 5.65 Å². The average molecular weight is 300 g/mol. The predicted octanol–water partition coefficient (Wildman–Crippen LogP) is 2.30. The predicted molar refractivity (Wildman–Crippen MR) is 87.4 cm³/mol. The highest BCUT2D eigenvalue weighted by Crippen LogP contribution is 2.21. The van der Waals surface area contributed by atoms with E-state index in [-0.39, 0.29) is 11.3 Å². The van der Waals surface area contributed by atoms with E-state index in [2.05, 4.69) is 21.4 Å². The van der Waals surface area contributed by atoms with Gasteiger partial charge in [0.15, 0.2) is 0 Å². The molecule has 1 aliphatic heterocycles. The van der Waals surface area contributed by atoms with Crippen LogP contribution in [0.4, 0.5) is 0 Å². The van der Waals surface area contributed by atoms with Crippen molar-refractivity contribution in [3.8, 4) is 0 Å². The second-order valence-corrected chi connectivity index (χ2v) is 6.70. The zero-order valence-electron chi connectivity index (χ0n) is 13.4. The third kappa shape index (κ3) is 3.14. The molecule has 22 heavy (non-hydrogen) atoms. The number of likely N-dealkylation sites (tertiary alicyclic amines) is 1. The van der Waals surface area contributed by atoms with Crippen molar-refractivity contribution in [3.63, 3.8) is 0 Å². The van der Waals surface area contributed by atoms with Gasteiger partial charge in [-0.25, -0.2) is 4.98 Å². The van der Waals surface area contributed by atoms with Crippen LogP contribution in [0.5, 0.6) is 0 Å². The molecule has 0 bridgehead atoms. The first-order chi connectivity index (χ1) is 10.6. The van der Waals surface area contributed by atoms with Crippen molar-refractivity contribution in [3.05, 3.63) is 30.1 Å². The highest BCUT2D eigenvalue weighted by atomic mass is 16.2. The number of aromatic amines is 1. The molecule has 0 saturated carbocycles. The number of nitrogens with one attached hydrogen (secondary N) is 2. The third-order valence-corrected chi connectivity index (χ3v) is 4.31. The number of rotatable bonds is 5. The van der Waals surface area contributed by atoms with Crippen LogP contribution in [0.1, 0.15) is 32.4 Å². The molecule has 118 valence electrons. The smallest absolute Gasteiger partial charge is 0.229 e. The molecule has 5 nitrogen and oxygen atoms in total. The Labute approximate surface area is 131 Å². The van der Waals surface area contributed by atoms with Crippen LogP contribution < -0.4 is 5.32 Å². The molecule has 3 heterocycles. The molecule has 0 unspecified atom stereocenters. The lowest BCUT2D eigenvalue weighted by molar-refractivity contribution is -0.139. The van der Waals surface area contributed by atoms with Gasteiger partial charge in [-0.3, -0.25) is 4.79 Å². The highest BCUT2D eigenvalue weighted by molar-refractivity contribution is 5.82. The molecule has 1 aliphatic rings. The van der Waals surface area contributed by atoms with Gasteiger partial charge in [0.05, 0.1) is 11.1 Å². The average Bonchev–Trinajstić information content (AvgIpc) is 3.17. The van der Waals surface area contributed by atoms with Crippen molar-refractivity contribution in [2.75, 3.05) is 19.6 Å². The summed E-state index contributed by atoms with van der Waals surface area (Å²) in [5.41, 5.74) is 1.52. The number of amides is 1. The number of aromatic nitrogens is 2. The van der Waals surface area contributed by atoms with E-state index in [0.29, 0.717) is 13.1 Å². The van der Waals surface area contributed by atoms with Crippen molar-refractivity contribution in [1.82, 2.24) is 20.2 Å². The van der Waals surface area contributed by atoms with Gasteiger partial charge in [0.2, 0.25) is 5.91 Å². The molecule has 3 rings (SSSR count). The summed E-state index contributed by atoms with van der Waals surface area (Å²) in [7, 11) is 0. The van der Waals surface area contributed by atoms with Gasteiger partial charge < -0.3 is 15.2 Å². The monoisotopic (exact) mass is 300 g/mol. The number of carbonyl (C=O) groups excluding carboxylic acids is 1. The fraction of sp³-hybridized carbons (Fsp3) is 0.529. The van der Waals surface area contributed by atoms with Crippen LogP contribution in [0.3, 0.4) is 0 Å². The first kappa shape index (κ1) is 15.0. The van der Waals surface area contributed by atoms with Gasteiger partial charge in [-0.1, -0.05) is 0 Å². The Morgan fingerprint density at radius 1 is 1.32 bits per heavy atom. The van der Waals surface area contributed by atoms with Crippen molar-refractivity contribution in [2.45, 2.75) is 33.2 Å². The minimum atomic E-state index is -0.374. The number of pyridine rings is 1. The molecule has 2 N–H and O–H groups in total. The summed E-state index contributed by atoms with van der Waals surface area (Å²) in [6.45, 7) is 7.18. The Bertz CT molecular complexity index is 655. The van der Waals surface area contributed by atoms with E-state index >= 15 is 0 Å². The van der Waals surface area contributed by atoms with E-state index in [9.17, 15) is 4.79 Å². The number of carbonyl (C=O) groups is 1. The number of nitrogens with zero attached hydrogens (tertiary/aromatic N) is 2. The molecule has 2 aromatic rings. The number of H-pyrrole nitrogens is 1. The summed E-state index contributed by atoms with van der Waals surface area (Å²) in [6.07, 6.45) is 4.16. The standard InChI is InChI=1S/C17H24N4O/c1-17(2,16(22)21-9-3-4-10-21)12-18-11-14-6-5-13-7-8-19-15(13)20-14/h5-8,18H,3-4,9-12H2,1-2H3,(H,19,20). The second kappa shape index (κ2) is 6.08. The Morgan fingerprint density at radius 3 is 2.86 bits per heavy atom. The maximum atomic E-state index is 12.5. The van der Waals surface area contributed by atoms with Gasteiger partial charge in [0.25, 0.3) is 0 Å². The largest absolute Gasteiger partial charge is 0.346 e. The van der Waals surface area contributed by atoms with Crippen molar-refractivity contribution >= 4 is 16.9 Å². The van der Waals surface area contributed by atoms with Crippen molar-refractivity contribution in [1.29, 1.82) is 0 Å². The van der Waals surface area contributed by atoms with Crippen LogP contribution in [-0.2, 0) is 11.3 Å². The lowest BCUT2D eigenvalue weighted by Crippen LogP contribution is -2.44. The third-order valence-electron chi connectivity index (χ3n) is 4.31. The Balaban J connectivity index is 1.55. The Morgan fingerprint density at radius 2 is 2.09 bits per heavy atom. The SMILES string of the molecule is CC(C)(CNCc1ccc2cc[nH]c2n1)C(=O)N1CCCC1. The molecule has 1 fully saturated rings. The number of hydrogen-bond acceptors (Lipinski definition) is 3. The van der Waals surface area contributed by atoms with Crippen LogP contribution in [0.25, 0.3) is 11.0 Å². The second-order valence-electron chi connectivity index (χ2n) is 6.70. The maximum absolute atomic E-state index is 12.5. The molecule has 1 amide bonds. The van der Waals surface area contributed by atoms with Gasteiger partial charge in [-0.15, -0.1) is 0 Å². The van der Waals surface area contributed by atoms with Crippen LogP contribution in [0.2, 0.25) is 0 Å². The van der Waals surface area contributed by atoms with E-state index in [1.165, 1.54) is 0 Å². The zero-order chi connectivity index (χ0) is 15.6. The first-order valence-corrected chi connectivity index (χ1v) is 7.99. The summed E-state index contributed by atoms with van der Waals surface area (Å²) >= 11 is 0. The maximum Gasteiger partial charge on any atom is 0.229 e. The van der Waals surface area contributed by atoms with E-state index < -0.39 is 0 Å². The molecule has 0 aliphatic carbocycles. The molecule has 5 heteroatoms. The lowest BCUT2D eigenvalue weighted by Gasteiger charge is -2.29. The number of fused-ring (bicyclic) bond motifs is 1. The minimum Gasteiger partial charge on any atom is -0.346 e. The molecular formula is C17H24N4O. The van der Waals surface area contributed by atoms with E-state index in [1.807, 2.05) is 37.1 Å². The summed E-state index contributed by atoms with van der Waals surface area (Å²) in [5.74, 6) is 0.255. The molecule has 0 radical (unpaired) electrons. The van der Waals surface area contributed by atoms with Gasteiger partial charge in [0, 0.05) is 37.8 Å². The molecular weight excluding hydrogens is 276 g/mol. The summed E-state index contributed by atoms with van der Waals surface area (Å²) < 4.78 is 0. The fourth-order valence-corrected chi connectivity index (χ4v) is 3.00. The van der Waals surface area contributed by atoms with Crippen molar-refractivity contribution < 1.29 is 4.79 Å². The quantitative estimate of drug-likeness (QED) is 0.890. The number of hydrogen-bond donors (Lipinski definition) is 2. The normalized spacial score (nSPS) is 15.6. The van der Waals surface area contributed by atoms with Gasteiger partial charge in [-0.05, 0) is 44.9 Å². The fourth-order valence-electron chi connectivity index (χ4n) is 3.00. The Hall–Kier alpha value is -1.88. The van der Waals surface area contributed by atoms with E-state index in [4.69, 9.17) is 0 Å². The molecule has 0 atom stereocenters. The zero-order valence-corrected chi connectivity index (χ0v) is 13.4. The van der Waals surface area contributed by atoms with E-state index in [0.717, 1.165) is 42.7 Å². The molecule has 0 aromatic carbocycles. The van der Waals surface area contributed by atoms with Gasteiger partial charge >= 0.3 is 0 Å². The van der Waals surface area contributed by atoms with Crippen LogP contribution in [0.15, 0.2) is 24.4 Å². The molecule has 1 saturated heterocycles. The Kier molecular flexibility index (Phi) is 4.16. The van der Waals surface area contributed by atoms with Crippen molar-refractivity contribution in [2.24, 2.45) is 5.41 Å². The summed E-state index contributed by atoms with van der Waals surface area (Å²) in [6, 6.07) is 6.10. The van der Waals surface area contributed by atoms with Crippen LogP contribution in [0, 0.1) is 5.41 Å². The first-order valence-electron chi connectivity index (χ1n) is 7.99. The van der Waals surface area contributed by atoms with E-state index in [1.54, 1.807) is 0 Å².